The number of carbonyl (C=O) groups excluding carboxylic acids is 1. The summed E-state index contributed by atoms with van der Waals surface area (Å²) >= 11 is 0. The summed E-state index contributed by atoms with van der Waals surface area (Å²) in [7, 11) is 0. The number of carbonyl (C=O) groups is 1. The fourth-order valence-electron chi connectivity index (χ4n) is 2.59. The van der Waals surface area contributed by atoms with Gasteiger partial charge in [-0.15, -0.1) is 0 Å². The van der Waals surface area contributed by atoms with Crippen molar-refractivity contribution < 1.29 is 18.7 Å². The van der Waals surface area contributed by atoms with E-state index in [1.165, 1.54) is 6.26 Å². The third-order valence-corrected chi connectivity index (χ3v) is 3.82. The van der Waals surface area contributed by atoms with E-state index in [2.05, 4.69) is 15.6 Å². The van der Waals surface area contributed by atoms with E-state index in [4.69, 9.17) is 8.83 Å². The van der Waals surface area contributed by atoms with Gasteiger partial charge in [0.2, 0.25) is 0 Å². The number of furan rings is 1. The SMILES string of the molecule is CCc1nc2cc(NC(=O)N[C@H](C)C[C@H](O)c3ccco3)ccc2o1. The average molecular weight is 343 g/mol. The van der Waals surface area contributed by atoms with Gasteiger partial charge in [0.05, 0.1) is 6.26 Å². The summed E-state index contributed by atoms with van der Waals surface area (Å²) in [5.41, 5.74) is 2.02. The molecule has 3 rings (SSSR count). The number of benzene rings is 1. The summed E-state index contributed by atoms with van der Waals surface area (Å²) < 4.78 is 10.7. The highest BCUT2D eigenvalue weighted by Crippen LogP contribution is 2.21. The zero-order valence-corrected chi connectivity index (χ0v) is 14.2. The minimum atomic E-state index is -0.760. The van der Waals surface area contributed by atoms with Crippen LogP contribution in [0.15, 0.2) is 45.4 Å². The lowest BCUT2D eigenvalue weighted by Gasteiger charge is -2.17. The van der Waals surface area contributed by atoms with Crippen LogP contribution in [0.5, 0.6) is 0 Å². The van der Waals surface area contributed by atoms with Crippen molar-refractivity contribution in [1.29, 1.82) is 0 Å². The third kappa shape index (κ3) is 4.19. The van der Waals surface area contributed by atoms with Crippen molar-refractivity contribution in [3.63, 3.8) is 0 Å². The molecular weight excluding hydrogens is 322 g/mol. The Labute approximate surface area is 145 Å². The van der Waals surface area contributed by atoms with Crippen LogP contribution >= 0.6 is 0 Å². The molecule has 2 atom stereocenters. The molecule has 0 aliphatic rings. The molecule has 132 valence electrons. The fraction of sp³-hybridized carbons (Fsp3) is 0.333. The number of urea groups is 1. The summed E-state index contributed by atoms with van der Waals surface area (Å²) in [5, 5.41) is 15.6. The van der Waals surface area contributed by atoms with Gasteiger partial charge in [0.1, 0.15) is 17.4 Å². The smallest absolute Gasteiger partial charge is 0.319 e. The van der Waals surface area contributed by atoms with Gasteiger partial charge >= 0.3 is 6.03 Å². The Hall–Kier alpha value is -2.80. The molecule has 2 amide bonds. The largest absolute Gasteiger partial charge is 0.467 e. The monoisotopic (exact) mass is 343 g/mol. The first-order chi connectivity index (χ1) is 12.0. The number of anilines is 1. The lowest BCUT2D eigenvalue weighted by molar-refractivity contribution is 0.130. The van der Waals surface area contributed by atoms with Crippen LogP contribution in [-0.2, 0) is 6.42 Å². The number of aliphatic hydroxyl groups is 1. The molecule has 7 heteroatoms. The maximum Gasteiger partial charge on any atom is 0.319 e. The van der Waals surface area contributed by atoms with E-state index < -0.39 is 6.10 Å². The van der Waals surface area contributed by atoms with Crippen molar-refractivity contribution in [3.05, 3.63) is 48.2 Å². The summed E-state index contributed by atoms with van der Waals surface area (Å²) in [6.45, 7) is 3.79. The zero-order chi connectivity index (χ0) is 17.8. The highest BCUT2D eigenvalue weighted by atomic mass is 16.4. The Morgan fingerprint density at radius 1 is 1.36 bits per heavy atom. The first-order valence-corrected chi connectivity index (χ1v) is 8.23. The fourth-order valence-corrected chi connectivity index (χ4v) is 2.59. The summed E-state index contributed by atoms with van der Waals surface area (Å²) in [6.07, 6.45) is 1.81. The first kappa shape index (κ1) is 17.0. The quantitative estimate of drug-likeness (QED) is 0.635. The molecule has 0 fully saturated rings. The zero-order valence-electron chi connectivity index (χ0n) is 14.2. The number of rotatable bonds is 6. The standard InChI is InChI=1S/C18H21N3O4/c1-3-17-21-13-10-12(6-7-15(13)25-17)20-18(23)19-11(2)9-14(22)16-5-4-8-24-16/h4-8,10-11,14,22H,3,9H2,1-2H3,(H2,19,20,23)/t11-,14+/m1/s1. The Kier molecular flexibility index (Phi) is 5.04. The molecule has 2 heterocycles. The second-order valence-corrected chi connectivity index (χ2v) is 5.91. The number of fused-ring (bicyclic) bond motifs is 1. The Bertz CT molecular complexity index is 841. The van der Waals surface area contributed by atoms with Crippen LogP contribution in [-0.4, -0.2) is 22.2 Å². The number of oxazole rings is 1. The van der Waals surface area contributed by atoms with Gasteiger partial charge in [-0.25, -0.2) is 9.78 Å². The van der Waals surface area contributed by atoms with Gasteiger partial charge in [-0.1, -0.05) is 6.92 Å². The topological polar surface area (TPSA) is 101 Å². The molecule has 0 aliphatic carbocycles. The number of aliphatic hydroxyl groups excluding tert-OH is 1. The van der Waals surface area contributed by atoms with E-state index in [9.17, 15) is 9.90 Å². The molecule has 0 saturated carbocycles. The molecule has 0 aliphatic heterocycles. The molecule has 3 aromatic rings. The van der Waals surface area contributed by atoms with Crippen LogP contribution in [0.4, 0.5) is 10.5 Å². The minimum absolute atomic E-state index is 0.234. The van der Waals surface area contributed by atoms with Crippen molar-refractivity contribution in [3.8, 4) is 0 Å². The number of nitrogens with zero attached hydrogens (tertiary/aromatic N) is 1. The molecule has 25 heavy (non-hydrogen) atoms. The summed E-state index contributed by atoms with van der Waals surface area (Å²) in [4.78, 5) is 16.5. The normalized spacial score (nSPS) is 13.6. The van der Waals surface area contributed by atoms with Crippen molar-refractivity contribution in [1.82, 2.24) is 10.3 Å². The van der Waals surface area contributed by atoms with Gasteiger partial charge < -0.3 is 24.6 Å². The Balaban J connectivity index is 1.56. The maximum atomic E-state index is 12.1. The van der Waals surface area contributed by atoms with Gasteiger partial charge in [-0.05, 0) is 37.3 Å². The predicted octanol–water partition coefficient (Wildman–Crippen LogP) is 3.62. The average Bonchev–Trinajstić information content (AvgIpc) is 3.23. The molecular formula is C18H21N3O4. The second kappa shape index (κ2) is 7.40. The van der Waals surface area contributed by atoms with Gasteiger partial charge in [0.15, 0.2) is 11.5 Å². The molecule has 0 bridgehead atoms. The molecule has 0 unspecified atom stereocenters. The van der Waals surface area contributed by atoms with E-state index >= 15 is 0 Å². The van der Waals surface area contributed by atoms with Crippen molar-refractivity contribution in [2.45, 2.75) is 38.8 Å². The van der Waals surface area contributed by atoms with Crippen LogP contribution in [0.3, 0.4) is 0 Å². The first-order valence-electron chi connectivity index (χ1n) is 8.23. The van der Waals surface area contributed by atoms with Crippen LogP contribution in [0, 0.1) is 0 Å². The number of hydrogen-bond acceptors (Lipinski definition) is 5. The molecule has 0 spiro atoms. The Morgan fingerprint density at radius 2 is 2.20 bits per heavy atom. The molecule has 7 nitrogen and oxygen atoms in total. The van der Waals surface area contributed by atoms with Crippen molar-refractivity contribution in [2.75, 3.05) is 5.32 Å². The maximum absolute atomic E-state index is 12.1. The number of hydrogen-bond donors (Lipinski definition) is 3. The van der Waals surface area contributed by atoms with Gasteiger partial charge in [-0.2, -0.15) is 0 Å². The lowest BCUT2D eigenvalue weighted by atomic mass is 10.1. The lowest BCUT2D eigenvalue weighted by Crippen LogP contribution is -2.37. The van der Waals surface area contributed by atoms with Crippen LogP contribution in [0.2, 0.25) is 0 Å². The van der Waals surface area contributed by atoms with Gasteiger partial charge in [0.25, 0.3) is 0 Å². The molecule has 0 saturated heterocycles. The van der Waals surface area contributed by atoms with E-state index in [0.717, 1.165) is 0 Å². The van der Waals surface area contributed by atoms with E-state index in [1.54, 1.807) is 30.3 Å². The van der Waals surface area contributed by atoms with Crippen molar-refractivity contribution in [2.24, 2.45) is 0 Å². The van der Waals surface area contributed by atoms with E-state index in [-0.39, 0.29) is 12.1 Å². The summed E-state index contributed by atoms with van der Waals surface area (Å²) in [5.74, 6) is 1.15. The molecule has 2 aromatic heterocycles. The molecule has 0 radical (unpaired) electrons. The molecule has 3 N–H and O–H groups in total. The number of aryl methyl sites for hydroxylation is 1. The summed E-state index contributed by atoms with van der Waals surface area (Å²) in [6, 6.07) is 8.14. The van der Waals surface area contributed by atoms with E-state index in [1.807, 2.05) is 13.8 Å². The second-order valence-electron chi connectivity index (χ2n) is 5.91. The van der Waals surface area contributed by atoms with E-state index in [0.29, 0.717) is 41.3 Å². The highest BCUT2D eigenvalue weighted by Gasteiger charge is 2.16. The Morgan fingerprint density at radius 3 is 2.92 bits per heavy atom. The predicted molar refractivity (Wildman–Crippen MR) is 93.3 cm³/mol. The minimum Gasteiger partial charge on any atom is -0.467 e. The van der Waals surface area contributed by atoms with Crippen LogP contribution in [0.25, 0.3) is 11.1 Å². The third-order valence-electron chi connectivity index (χ3n) is 3.82. The number of nitrogens with one attached hydrogen (secondary N) is 2. The molecule has 1 aromatic carbocycles. The van der Waals surface area contributed by atoms with Crippen LogP contribution < -0.4 is 10.6 Å². The van der Waals surface area contributed by atoms with Gasteiger partial charge in [0, 0.05) is 24.6 Å². The number of aromatic nitrogens is 1. The highest BCUT2D eigenvalue weighted by molar-refractivity contribution is 5.91. The van der Waals surface area contributed by atoms with Crippen LogP contribution in [0.1, 0.15) is 38.0 Å². The number of amides is 2. The van der Waals surface area contributed by atoms with Gasteiger partial charge in [-0.3, -0.25) is 0 Å². The van der Waals surface area contributed by atoms with Crippen molar-refractivity contribution >= 4 is 22.8 Å².